The first-order valence-electron chi connectivity index (χ1n) is 6.62. The van der Waals surface area contributed by atoms with E-state index in [1.165, 1.54) is 12.1 Å². The van der Waals surface area contributed by atoms with E-state index in [0.717, 1.165) is 30.3 Å². The van der Waals surface area contributed by atoms with Gasteiger partial charge in [-0.1, -0.05) is 36.9 Å². The van der Waals surface area contributed by atoms with Crippen LogP contribution in [-0.4, -0.2) is 6.54 Å². The molecule has 2 aromatic carbocycles. The van der Waals surface area contributed by atoms with Crippen molar-refractivity contribution in [3.05, 3.63) is 59.7 Å². The van der Waals surface area contributed by atoms with E-state index in [2.05, 4.69) is 12.2 Å². The van der Waals surface area contributed by atoms with E-state index in [4.69, 9.17) is 0 Å². The molecule has 1 N–H and O–H groups in total. The van der Waals surface area contributed by atoms with Crippen molar-refractivity contribution in [2.24, 2.45) is 0 Å². The molecule has 4 heteroatoms. The molecule has 0 heterocycles. The van der Waals surface area contributed by atoms with Crippen LogP contribution in [0.5, 0.6) is 0 Å². The van der Waals surface area contributed by atoms with Crippen molar-refractivity contribution < 1.29 is 8.78 Å². The number of hydrogen-bond acceptors (Lipinski definition) is 2. The standard InChI is InChI=1S/C16H17F2NS/c1-2-9-19-11-12-7-8-16(14(18)10-12)20-15-6-4-3-5-13(15)17/h3-8,10,19H,2,9,11H2,1H3. The van der Waals surface area contributed by atoms with Crippen LogP contribution >= 0.6 is 11.8 Å². The van der Waals surface area contributed by atoms with Crippen LogP contribution in [0.4, 0.5) is 8.78 Å². The zero-order chi connectivity index (χ0) is 14.4. The summed E-state index contributed by atoms with van der Waals surface area (Å²) in [7, 11) is 0. The average Bonchev–Trinajstić information content (AvgIpc) is 2.44. The molecule has 0 spiro atoms. The Hall–Kier alpha value is -1.39. The molecule has 0 bridgehead atoms. The topological polar surface area (TPSA) is 12.0 Å². The summed E-state index contributed by atoms with van der Waals surface area (Å²) in [6, 6.07) is 11.5. The Morgan fingerprint density at radius 3 is 2.45 bits per heavy atom. The molecule has 2 aromatic rings. The first kappa shape index (κ1) is 15.0. The number of nitrogens with one attached hydrogen (secondary N) is 1. The van der Waals surface area contributed by atoms with Crippen molar-refractivity contribution in [1.29, 1.82) is 0 Å². The van der Waals surface area contributed by atoms with Crippen molar-refractivity contribution in [1.82, 2.24) is 5.32 Å². The lowest BCUT2D eigenvalue weighted by Crippen LogP contribution is -2.13. The van der Waals surface area contributed by atoms with E-state index < -0.39 is 0 Å². The van der Waals surface area contributed by atoms with E-state index in [1.807, 2.05) is 6.07 Å². The summed E-state index contributed by atoms with van der Waals surface area (Å²) in [4.78, 5) is 0.873. The highest BCUT2D eigenvalue weighted by atomic mass is 32.2. The lowest BCUT2D eigenvalue weighted by Gasteiger charge is -2.07. The second-order valence-electron chi connectivity index (χ2n) is 4.47. The SMILES string of the molecule is CCCNCc1ccc(Sc2ccccc2F)c(F)c1. The van der Waals surface area contributed by atoms with Crippen molar-refractivity contribution >= 4 is 11.8 Å². The van der Waals surface area contributed by atoms with E-state index in [0.29, 0.717) is 16.3 Å². The molecule has 0 atom stereocenters. The molecular formula is C16H17F2NS. The highest BCUT2D eigenvalue weighted by Crippen LogP contribution is 2.31. The van der Waals surface area contributed by atoms with Gasteiger partial charge in [0, 0.05) is 16.3 Å². The minimum absolute atomic E-state index is 0.311. The fourth-order valence-electron chi connectivity index (χ4n) is 1.79. The van der Waals surface area contributed by atoms with Crippen molar-refractivity contribution in [2.45, 2.75) is 29.7 Å². The first-order chi connectivity index (χ1) is 9.70. The third-order valence-electron chi connectivity index (χ3n) is 2.81. The normalized spacial score (nSPS) is 10.8. The Labute approximate surface area is 122 Å². The summed E-state index contributed by atoms with van der Waals surface area (Å²) >= 11 is 1.11. The minimum Gasteiger partial charge on any atom is -0.313 e. The Morgan fingerprint density at radius 2 is 1.75 bits per heavy atom. The van der Waals surface area contributed by atoms with Crippen LogP contribution in [0.15, 0.2) is 52.3 Å². The molecule has 0 radical (unpaired) electrons. The molecule has 106 valence electrons. The third-order valence-corrected chi connectivity index (χ3v) is 3.91. The fourth-order valence-corrected chi connectivity index (χ4v) is 2.63. The molecule has 0 amide bonds. The zero-order valence-corrected chi connectivity index (χ0v) is 12.1. The largest absolute Gasteiger partial charge is 0.313 e. The van der Waals surface area contributed by atoms with Gasteiger partial charge in [-0.3, -0.25) is 0 Å². The Balaban J connectivity index is 2.08. The van der Waals surface area contributed by atoms with Crippen LogP contribution in [0.3, 0.4) is 0 Å². The van der Waals surface area contributed by atoms with E-state index in [9.17, 15) is 8.78 Å². The number of hydrogen-bond donors (Lipinski definition) is 1. The third kappa shape index (κ3) is 4.05. The molecule has 0 saturated carbocycles. The van der Waals surface area contributed by atoms with Crippen molar-refractivity contribution in [3.63, 3.8) is 0 Å². The Bertz CT molecular complexity index is 572. The molecule has 0 fully saturated rings. The lowest BCUT2D eigenvalue weighted by molar-refractivity contribution is 0.591. The maximum absolute atomic E-state index is 14.0. The summed E-state index contributed by atoms with van der Waals surface area (Å²) in [5, 5.41) is 3.22. The van der Waals surface area contributed by atoms with Gasteiger partial charge in [0.05, 0.1) is 0 Å². The molecule has 0 aromatic heterocycles. The molecule has 0 saturated heterocycles. The summed E-state index contributed by atoms with van der Waals surface area (Å²) in [5.41, 5.74) is 0.897. The predicted molar refractivity (Wildman–Crippen MR) is 78.9 cm³/mol. The summed E-state index contributed by atoms with van der Waals surface area (Å²) in [6.07, 6.45) is 1.05. The van der Waals surface area contributed by atoms with E-state index in [-0.39, 0.29) is 11.6 Å². The fraction of sp³-hybridized carbons (Fsp3) is 0.250. The van der Waals surface area contributed by atoms with Gasteiger partial charge in [-0.15, -0.1) is 0 Å². The quantitative estimate of drug-likeness (QED) is 0.780. The summed E-state index contributed by atoms with van der Waals surface area (Å²) in [5.74, 6) is -0.639. The monoisotopic (exact) mass is 293 g/mol. The zero-order valence-electron chi connectivity index (χ0n) is 11.3. The maximum atomic E-state index is 14.0. The summed E-state index contributed by atoms with van der Waals surface area (Å²) < 4.78 is 27.5. The van der Waals surface area contributed by atoms with Gasteiger partial charge in [-0.2, -0.15) is 0 Å². The van der Waals surface area contributed by atoms with Gasteiger partial charge < -0.3 is 5.32 Å². The average molecular weight is 293 g/mol. The number of benzene rings is 2. The second kappa shape index (κ2) is 7.41. The van der Waals surface area contributed by atoms with Crippen LogP contribution in [-0.2, 0) is 6.54 Å². The predicted octanol–water partition coefficient (Wildman–Crippen LogP) is 4.62. The van der Waals surface area contributed by atoms with Gasteiger partial charge in [0.25, 0.3) is 0 Å². The van der Waals surface area contributed by atoms with E-state index >= 15 is 0 Å². The smallest absolute Gasteiger partial charge is 0.137 e. The van der Waals surface area contributed by atoms with Crippen LogP contribution in [0, 0.1) is 11.6 Å². The molecule has 0 aliphatic heterocycles. The Kier molecular flexibility index (Phi) is 5.56. The second-order valence-corrected chi connectivity index (χ2v) is 5.56. The summed E-state index contributed by atoms with van der Waals surface area (Å²) in [6.45, 7) is 3.64. The molecule has 0 aliphatic rings. The van der Waals surface area contributed by atoms with Gasteiger partial charge in [0.2, 0.25) is 0 Å². The molecule has 0 unspecified atom stereocenters. The maximum Gasteiger partial charge on any atom is 0.137 e. The van der Waals surface area contributed by atoms with Gasteiger partial charge in [-0.05, 0) is 42.8 Å². The highest BCUT2D eigenvalue weighted by molar-refractivity contribution is 7.99. The molecule has 2 rings (SSSR count). The van der Waals surface area contributed by atoms with Gasteiger partial charge in [0.1, 0.15) is 11.6 Å². The van der Waals surface area contributed by atoms with Gasteiger partial charge >= 0.3 is 0 Å². The number of halogens is 2. The van der Waals surface area contributed by atoms with Crippen LogP contribution in [0.25, 0.3) is 0 Å². The van der Waals surface area contributed by atoms with Crippen LogP contribution < -0.4 is 5.32 Å². The van der Waals surface area contributed by atoms with Crippen molar-refractivity contribution in [3.8, 4) is 0 Å². The van der Waals surface area contributed by atoms with Crippen LogP contribution in [0.1, 0.15) is 18.9 Å². The van der Waals surface area contributed by atoms with Gasteiger partial charge in [0.15, 0.2) is 0 Å². The molecule has 0 aliphatic carbocycles. The Morgan fingerprint density at radius 1 is 1.00 bits per heavy atom. The molecular weight excluding hydrogens is 276 g/mol. The lowest BCUT2D eigenvalue weighted by atomic mass is 10.2. The molecule has 20 heavy (non-hydrogen) atoms. The number of rotatable bonds is 6. The van der Waals surface area contributed by atoms with E-state index in [1.54, 1.807) is 24.3 Å². The highest BCUT2D eigenvalue weighted by Gasteiger charge is 2.08. The molecule has 1 nitrogen and oxygen atoms in total. The van der Waals surface area contributed by atoms with Crippen LogP contribution in [0.2, 0.25) is 0 Å². The van der Waals surface area contributed by atoms with Gasteiger partial charge in [-0.25, -0.2) is 8.78 Å². The van der Waals surface area contributed by atoms with Crippen molar-refractivity contribution in [2.75, 3.05) is 6.54 Å². The first-order valence-corrected chi connectivity index (χ1v) is 7.44. The minimum atomic E-state index is -0.328.